The van der Waals surface area contributed by atoms with E-state index in [1.54, 1.807) is 20.8 Å². The van der Waals surface area contributed by atoms with Crippen LogP contribution in [0.4, 0.5) is 4.79 Å². The molecule has 0 bridgehead atoms. The van der Waals surface area contributed by atoms with Crippen LogP contribution in [-0.4, -0.2) is 66.2 Å². The van der Waals surface area contributed by atoms with E-state index in [1.807, 2.05) is 24.3 Å². The SMILES string of the molecule is CC(C)(C)OC(=O)CN1CCN(C(=O)OCC2c3ccccc3-c3ccccc32)CC1=O. The minimum atomic E-state index is -0.608. The fraction of sp³-hybridized carbons (Fsp3) is 0.400. The molecule has 0 spiro atoms. The Balaban J connectivity index is 1.34. The van der Waals surface area contributed by atoms with Gasteiger partial charge >= 0.3 is 12.1 Å². The fourth-order valence-electron chi connectivity index (χ4n) is 4.25. The zero-order chi connectivity index (χ0) is 22.9. The average molecular weight is 437 g/mol. The van der Waals surface area contributed by atoms with E-state index in [1.165, 1.54) is 9.80 Å². The molecular weight excluding hydrogens is 408 g/mol. The van der Waals surface area contributed by atoms with E-state index < -0.39 is 17.7 Å². The van der Waals surface area contributed by atoms with E-state index in [9.17, 15) is 14.4 Å². The highest BCUT2D eigenvalue weighted by Gasteiger charge is 2.33. The van der Waals surface area contributed by atoms with Crippen LogP contribution >= 0.6 is 0 Å². The number of hydrogen-bond acceptors (Lipinski definition) is 5. The summed E-state index contributed by atoms with van der Waals surface area (Å²) in [5, 5.41) is 0. The largest absolute Gasteiger partial charge is 0.459 e. The Morgan fingerprint density at radius 1 is 0.969 bits per heavy atom. The first-order valence-electron chi connectivity index (χ1n) is 10.8. The summed E-state index contributed by atoms with van der Waals surface area (Å²) < 4.78 is 10.9. The van der Waals surface area contributed by atoms with Crippen molar-refractivity contribution in [3.05, 3.63) is 59.7 Å². The predicted octanol–water partition coefficient (Wildman–Crippen LogP) is 3.42. The van der Waals surface area contributed by atoms with Crippen molar-refractivity contribution in [1.29, 1.82) is 0 Å². The molecule has 2 aromatic carbocycles. The molecule has 2 amide bonds. The standard InChI is InChI=1S/C25H28N2O5/c1-25(2,3)32-23(29)15-26-12-13-27(14-22(26)28)24(30)31-16-21-19-10-6-4-8-17(19)18-9-5-7-11-20(18)21/h4-11,21H,12-16H2,1-3H3. The normalized spacial score (nSPS) is 15.9. The minimum absolute atomic E-state index is 0.0319. The molecule has 7 heteroatoms. The van der Waals surface area contributed by atoms with Gasteiger partial charge in [0.1, 0.15) is 25.3 Å². The van der Waals surface area contributed by atoms with Crippen molar-refractivity contribution in [3.63, 3.8) is 0 Å². The average Bonchev–Trinajstić information content (AvgIpc) is 3.06. The number of rotatable bonds is 4. The molecule has 2 aromatic rings. The van der Waals surface area contributed by atoms with Gasteiger partial charge in [0.2, 0.25) is 5.91 Å². The first-order valence-corrected chi connectivity index (χ1v) is 10.8. The maximum absolute atomic E-state index is 12.7. The van der Waals surface area contributed by atoms with Gasteiger partial charge in [0.25, 0.3) is 0 Å². The Hall–Kier alpha value is -3.35. The molecule has 168 valence electrons. The van der Waals surface area contributed by atoms with Crippen LogP contribution < -0.4 is 0 Å². The van der Waals surface area contributed by atoms with Crippen LogP contribution in [0, 0.1) is 0 Å². The van der Waals surface area contributed by atoms with Gasteiger partial charge in [0.05, 0.1) is 0 Å². The van der Waals surface area contributed by atoms with Gasteiger partial charge in [-0.05, 0) is 43.0 Å². The molecule has 1 heterocycles. The van der Waals surface area contributed by atoms with E-state index >= 15 is 0 Å². The molecule has 0 N–H and O–H groups in total. The zero-order valence-electron chi connectivity index (χ0n) is 18.7. The Labute approximate surface area is 187 Å². The Morgan fingerprint density at radius 2 is 1.56 bits per heavy atom. The van der Waals surface area contributed by atoms with Gasteiger partial charge in [-0.3, -0.25) is 14.5 Å². The maximum atomic E-state index is 12.7. The van der Waals surface area contributed by atoms with Crippen molar-refractivity contribution in [2.24, 2.45) is 0 Å². The number of carbonyl (C=O) groups is 3. The molecule has 0 saturated carbocycles. The third kappa shape index (κ3) is 4.61. The smallest absolute Gasteiger partial charge is 0.410 e. The monoisotopic (exact) mass is 436 g/mol. The van der Waals surface area contributed by atoms with Crippen molar-refractivity contribution >= 4 is 18.0 Å². The van der Waals surface area contributed by atoms with E-state index in [4.69, 9.17) is 9.47 Å². The van der Waals surface area contributed by atoms with E-state index in [-0.39, 0.29) is 38.1 Å². The molecule has 1 fully saturated rings. The van der Waals surface area contributed by atoms with Crippen LogP contribution in [0.2, 0.25) is 0 Å². The molecule has 2 aliphatic rings. The molecule has 0 radical (unpaired) electrons. The summed E-state index contributed by atoms with van der Waals surface area (Å²) in [7, 11) is 0. The number of benzene rings is 2. The lowest BCUT2D eigenvalue weighted by atomic mass is 9.98. The number of fused-ring (bicyclic) bond motifs is 3. The van der Waals surface area contributed by atoms with Gasteiger partial charge < -0.3 is 14.4 Å². The molecule has 1 saturated heterocycles. The van der Waals surface area contributed by atoms with Gasteiger partial charge in [-0.25, -0.2) is 4.79 Å². The number of hydrogen-bond donors (Lipinski definition) is 0. The molecule has 32 heavy (non-hydrogen) atoms. The summed E-state index contributed by atoms with van der Waals surface area (Å²) in [6.45, 7) is 5.90. The van der Waals surface area contributed by atoms with Crippen molar-refractivity contribution in [1.82, 2.24) is 9.80 Å². The third-order valence-electron chi connectivity index (χ3n) is 5.65. The Kier molecular flexibility index (Phi) is 5.91. The third-order valence-corrected chi connectivity index (χ3v) is 5.65. The molecule has 0 atom stereocenters. The minimum Gasteiger partial charge on any atom is -0.459 e. The van der Waals surface area contributed by atoms with Crippen LogP contribution in [0.3, 0.4) is 0 Å². The quantitative estimate of drug-likeness (QED) is 0.687. The summed E-state index contributed by atoms with van der Waals surface area (Å²) >= 11 is 0. The van der Waals surface area contributed by atoms with Gasteiger partial charge in [0, 0.05) is 19.0 Å². The summed E-state index contributed by atoms with van der Waals surface area (Å²) in [6, 6.07) is 16.3. The van der Waals surface area contributed by atoms with Crippen LogP contribution in [0.25, 0.3) is 11.1 Å². The van der Waals surface area contributed by atoms with Crippen LogP contribution in [0.5, 0.6) is 0 Å². The Morgan fingerprint density at radius 3 is 2.12 bits per heavy atom. The first-order chi connectivity index (χ1) is 15.2. The lowest BCUT2D eigenvalue weighted by molar-refractivity contribution is -0.159. The number of ether oxygens (including phenoxy) is 2. The molecule has 4 rings (SSSR count). The highest BCUT2D eigenvalue weighted by Crippen LogP contribution is 2.44. The lowest BCUT2D eigenvalue weighted by Gasteiger charge is -2.33. The molecule has 0 aromatic heterocycles. The lowest BCUT2D eigenvalue weighted by Crippen LogP contribution is -2.54. The van der Waals surface area contributed by atoms with E-state index in [2.05, 4.69) is 24.3 Å². The fourth-order valence-corrected chi connectivity index (χ4v) is 4.25. The van der Waals surface area contributed by atoms with Gasteiger partial charge in [-0.2, -0.15) is 0 Å². The zero-order valence-corrected chi connectivity index (χ0v) is 18.7. The highest BCUT2D eigenvalue weighted by atomic mass is 16.6. The van der Waals surface area contributed by atoms with Crippen LogP contribution in [0.1, 0.15) is 37.8 Å². The molecule has 7 nitrogen and oxygen atoms in total. The second-order valence-corrected chi connectivity index (χ2v) is 9.13. The summed E-state index contributed by atoms with van der Waals surface area (Å²) in [4.78, 5) is 40.0. The van der Waals surface area contributed by atoms with E-state index in [0.717, 1.165) is 22.3 Å². The number of nitrogens with zero attached hydrogens (tertiary/aromatic N) is 2. The molecular formula is C25H28N2O5. The number of esters is 1. The second kappa shape index (κ2) is 8.65. The van der Waals surface area contributed by atoms with Crippen molar-refractivity contribution in [3.8, 4) is 11.1 Å². The van der Waals surface area contributed by atoms with Crippen LogP contribution in [0.15, 0.2) is 48.5 Å². The number of piperazine rings is 1. The van der Waals surface area contributed by atoms with E-state index in [0.29, 0.717) is 6.54 Å². The first kappa shape index (κ1) is 21.9. The predicted molar refractivity (Wildman–Crippen MR) is 119 cm³/mol. The number of carbonyl (C=O) groups excluding carboxylic acids is 3. The highest BCUT2D eigenvalue weighted by molar-refractivity contribution is 5.87. The van der Waals surface area contributed by atoms with Crippen molar-refractivity contribution < 1.29 is 23.9 Å². The van der Waals surface area contributed by atoms with Crippen molar-refractivity contribution in [2.45, 2.75) is 32.3 Å². The van der Waals surface area contributed by atoms with Gasteiger partial charge in [0.15, 0.2) is 0 Å². The maximum Gasteiger partial charge on any atom is 0.410 e. The summed E-state index contributed by atoms with van der Waals surface area (Å²) in [6.07, 6.45) is -0.517. The Bertz CT molecular complexity index is 997. The molecule has 1 aliphatic heterocycles. The number of amides is 2. The molecule has 0 unspecified atom stereocenters. The van der Waals surface area contributed by atoms with Gasteiger partial charge in [-0.1, -0.05) is 48.5 Å². The summed E-state index contributed by atoms with van der Waals surface area (Å²) in [5.41, 5.74) is 3.99. The molecule has 1 aliphatic carbocycles. The summed E-state index contributed by atoms with van der Waals surface area (Å²) in [5.74, 6) is -0.786. The van der Waals surface area contributed by atoms with Crippen molar-refractivity contribution in [2.75, 3.05) is 32.8 Å². The van der Waals surface area contributed by atoms with Crippen LogP contribution in [-0.2, 0) is 19.1 Å². The van der Waals surface area contributed by atoms with Gasteiger partial charge in [-0.15, -0.1) is 0 Å². The second-order valence-electron chi connectivity index (χ2n) is 9.13. The topological polar surface area (TPSA) is 76.2 Å².